The topological polar surface area (TPSA) is 21.3 Å². The minimum Gasteiger partial charge on any atom is -0.497 e. The molecule has 0 saturated carbocycles. The monoisotopic (exact) mass is 281 g/mol. The lowest BCUT2D eigenvalue weighted by Crippen LogP contribution is -2.27. The fourth-order valence-electron chi connectivity index (χ4n) is 2.00. The van der Waals surface area contributed by atoms with Crippen LogP contribution in [0.5, 0.6) is 5.75 Å². The molecule has 0 heterocycles. The van der Waals surface area contributed by atoms with E-state index in [1.165, 1.54) is 30.6 Å². The maximum Gasteiger partial charge on any atom is 0.118 e. The Hall–Kier alpha value is -0.670. The fourth-order valence-corrected chi connectivity index (χ4v) is 2.49. The van der Waals surface area contributed by atoms with Crippen molar-refractivity contribution in [3.63, 3.8) is 0 Å². The van der Waals surface area contributed by atoms with E-state index in [-0.39, 0.29) is 0 Å². The van der Waals surface area contributed by atoms with Gasteiger partial charge >= 0.3 is 0 Å². The van der Waals surface area contributed by atoms with E-state index < -0.39 is 0 Å². The first-order chi connectivity index (χ1) is 9.26. The third-order valence-corrected chi connectivity index (χ3v) is 3.99. The Labute approximate surface area is 122 Å². The highest BCUT2D eigenvalue weighted by Gasteiger charge is 2.02. The zero-order chi connectivity index (χ0) is 13.9. The van der Waals surface area contributed by atoms with Crippen molar-refractivity contribution >= 4 is 11.8 Å². The summed E-state index contributed by atoms with van der Waals surface area (Å²) in [6, 6.07) is 8.98. The normalized spacial score (nSPS) is 12.4. The number of benzene rings is 1. The van der Waals surface area contributed by atoms with Crippen molar-refractivity contribution < 1.29 is 4.74 Å². The zero-order valence-electron chi connectivity index (χ0n) is 12.4. The number of unbranched alkanes of at least 4 members (excludes halogenated alkanes) is 1. The van der Waals surface area contributed by atoms with Gasteiger partial charge in [0.2, 0.25) is 0 Å². The molecule has 1 atom stereocenters. The van der Waals surface area contributed by atoms with Crippen molar-refractivity contribution in [1.29, 1.82) is 0 Å². The Balaban J connectivity index is 2.13. The molecular formula is C16H27NOS. The molecular weight excluding hydrogens is 254 g/mol. The molecule has 1 rings (SSSR count). The van der Waals surface area contributed by atoms with Gasteiger partial charge in [-0.25, -0.2) is 0 Å². The third-order valence-electron chi connectivity index (χ3n) is 3.29. The lowest BCUT2D eigenvalue weighted by molar-refractivity contribution is 0.414. The van der Waals surface area contributed by atoms with Gasteiger partial charge in [-0.2, -0.15) is 11.8 Å². The molecule has 0 amide bonds. The van der Waals surface area contributed by atoms with Crippen LogP contribution in [-0.4, -0.2) is 31.7 Å². The van der Waals surface area contributed by atoms with Crippen LogP contribution in [0.25, 0.3) is 0 Å². The van der Waals surface area contributed by atoms with Crippen molar-refractivity contribution in [2.75, 3.05) is 25.7 Å². The maximum absolute atomic E-state index is 5.17. The van der Waals surface area contributed by atoms with Crippen LogP contribution < -0.4 is 10.1 Å². The smallest absolute Gasteiger partial charge is 0.118 e. The van der Waals surface area contributed by atoms with Crippen LogP contribution in [0.2, 0.25) is 0 Å². The second-order valence-electron chi connectivity index (χ2n) is 4.94. The number of aryl methyl sites for hydroxylation is 1. The highest BCUT2D eigenvalue weighted by Crippen LogP contribution is 2.13. The number of ether oxygens (including phenoxy) is 1. The molecule has 3 heteroatoms. The number of hydrogen-bond acceptors (Lipinski definition) is 3. The number of hydrogen-bond donors (Lipinski definition) is 1. The fraction of sp³-hybridized carbons (Fsp3) is 0.625. The van der Waals surface area contributed by atoms with Crippen LogP contribution in [0.4, 0.5) is 0 Å². The van der Waals surface area contributed by atoms with E-state index in [1.807, 2.05) is 23.9 Å². The molecule has 108 valence electrons. The summed E-state index contributed by atoms with van der Waals surface area (Å²) in [6.07, 6.45) is 7.09. The number of thioether (sulfide) groups is 1. The molecule has 0 fully saturated rings. The highest BCUT2D eigenvalue weighted by molar-refractivity contribution is 7.98. The summed E-state index contributed by atoms with van der Waals surface area (Å²) in [7, 11) is 1.71. The quantitative estimate of drug-likeness (QED) is 0.660. The van der Waals surface area contributed by atoms with E-state index in [9.17, 15) is 0 Å². The SMILES string of the molecule is COc1ccc(CCC(C)NCCCCSC)cc1. The number of rotatable bonds is 10. The van der Waals surface area contributed by atoms with E-state index in [0.717, 1.165) is 18.7 Å². The molecule has 0 aliphatic carbocycles. The van der Waals surface area contributed by atoms with Crippen molar-refractivity contribution in [1.82, 2.24) is 5.32 Å². The second-order valence-corrected chi connectivity index (χ2v) is 5.93. The maximum atomic E-state index is 5.17. The van der Waals surface area contributed by atoms with Gasteiger partial charge in [0.1, 0.15) is 5.75 Å². The molecule has 1 aromatic rings. The molecule has 1 aromatic carbocycles. The van der Waals surface area contributed by atoms with Gasteiger partial charge in [0.25, 0.3) is 0 Å². The lowest BCUT2D eigenvalue weighted by Gasteiger charge is -2.13. The van der Waals surface area contributed by atoms with Crippen LogP contribution in [0.1, 0.15) is 31.7 Å². The summed E-state index contributed by atoms with van der Waals surface area (Å²) in [5, 5.41) is 3.60. The average molecular weight is 281 g/mol. The van der Waals surface area contributed by atoms with Crippen LogP contribution in [0, 0.1) is 0 Å². The minimum atomic E-state index is 0.594. The molecule has 2 nitrogen and oxygen atoms in total. The minimum absolute atomic E-state index is 0.594. The van der Waals surface area contributed by atoms with E-state index in [0.29, 0.717) is 6.04 Å². The first-order valence-corrected chi connectivity index (χ1v) is 8.51. The van der Waals surface area contributed by atoms with Gasteiger partial charge in [-0.1, -0.05) is 12.1 Å². The number of nitrogens with one attached hydrogen (secondary N) is 1. The lowest BCUT2D eigenvalue weighted by atomic mass is 10.1. The predicted octanol–water partition coefficient (Wildman–Crippen LogP) is 3.75. The van der Waals surface area contributed by atoms with Crippen molar-refractivity contribution in [3.8, 4) is 5.75 Å². The summed E-state index contributed by atoms with van der Waals surface area (Å²) in [6.45, 7) is 3.42. The Morgan fingerprint density at radius 1 is 1.21 bits per heavy atom. The first kappa shape index (κ1) is 16.4. The Morgan fingerprint density at radius 3 is 2.58 bits per heavy atom. The molecule has 19 heavy (non-hydrogen) atoms. The van der Waals surface area contributed by atoms with Gasteiger partial charge in [0, 0.05) is 6.04 Å². The van der Waals surface area contributed by atoms with Crippen molar-refractivity contribution in [3.05, 3.63) is 29.8 Å². The van der Waals surface area contributed by atoms with E-state index in [1.54, 1.807) is 7.11 Å². The number of methoxy groups -OCH3 is 1. The van der Waals surface area contributed by atoms with Gasteiger partial charge in [-0.15, -0.1) is 0 Å². The molecule has 0 aliphatic rings. The Kier molecular flexibility index (Phi) is 8.76. The van der Waals surface area contributed by atoms with E-state index in [2.05, 4.69) is 30.6 Å². The van der Waals surface area contributed by atoms with Gasteiger partial charge < -0.3 is 10.1 Å². The standard InChI is InChI=1S/C16H27NOS/c1-14(17-12-4-5-13-19-3)6-7-15-8-10-16(18-2)11-9-15/h8-11,14,17H,4-7,12-13H2,1-3H3. The summed E-state index contributed by atoms with van der Waals surface area (Å²) in [5.41, 5.74) is 1.39. The van der Waals surface area contributed by atoms with Crippen molar-refractivity contribution in [2.45, 2.75) is 38.6 Å². The second kappa shape index (κ2) is 10.2. The molecule has 1 unspecified atom stereocenters. The summed E-state index contributed by atoms with van der Waals surface area (Å²) >= 11 is 1.93. The molecule has 0 saturated heterocycles. The Bertz CT molecular complexity index is 326. The van der Waals surface area contributed by atoms with Gasteiger partial charge in [-0.05, 0) is 68.9 Å². The van der Waals surface area contributed by atoms with Crippen LogP contribution in [-0.2, 0) is 6.42 Å². The predicted molar refractivity (Wildman–Crippen MR) is 86.4 cm³/mol. The van der Waals surface area contributed by atoms with Crippen LogP contribution >= 0.6 is 11.8 Å². The molecule has 0 spiro atoms. The largest absolute Gasteiger partial charge is 0.497 e. The molecule has 0 bridgehead atoms. The van der Waals surface area contributed by atoms with Gasteiger partial charge in [-0.3, -0.25) is 0 Å². The Morgan fingerprint density at radius 2 is 1.95 bits per heavy atom. The van der Waals surface area contributed by atoms with Crippen LogP contribution in [0.15, 0.2) is 24.3 Å². The van der Waals surface area contributed by atoms with E-state index >= 15 is 0 Å². The molecule has 1 N–H and O–H groups in total. The molecule has 0 radical (unpaired) electrons. The highest BCUT2D eigenvalue weighted by atomic mass is 32.2. The zero-order valence-corrected chi connectivity index (χ0v) is 13.3. The third kappa shape index (κ3) is 7.48. The van der Waals surface area contributed by atoms with Crippen LogP contribution in [0.3, 0.4) is 0 Å². The summed E-state index contributed by atoms with van der Waals surface area (Å²) in [5.74, 6) is 2.21. The van der Waals surface area contributed by atoms with Gasteiger partial charge in [0.05, 0.1) is 7.11 Å². The summed E-state index contributed by atoms with van der Waals surface area (Å²) < 4.78 is 5.17. The van der Waals surface area contributed by atoms with Gasteiger partial charge in [0.15, 0.2) is 0 Å². The van der Waals surface area contributed by atoms with E-state index in [4.69, 9.17) is 4.74 Å². The first-order valence-electron chi connectivity index (χ1n) is 7.11. The van der Waals surface area contributed by atoms with Crippen molar-refractivity contribution in [2.24, 2.45) is 0 Å². The molecule has 0 aromatic heterocycles. The average Bonchev–Trinajstić information content (AvgIpc) is 2.45. The molecule has 0 aliphatic heterocycles. The summed E-state index contributed by atoms with van der Waals surface area (Å²) in [4.78, 5) is 0.